The van der Waals surface area contributed by atoms with Gasteiger partial charge in [0.1, 0.15) is 10.8 Å². The third-order valence-corrected chi connectivity index (χ3v) is 4.64. The highest BCUT2D eigenvalue weighted by atomic mass is 32.1. The Morgan fingerprint density at radius 3 is 2.70 bits per heavy atom. The predicted octanol–water partition coefficient (Wildman–Crippen LogP) is 2.56. The Morgan fingerprint density at radius 2 is 2.05 bits per heavy atom. The molecule has 0 amide bonds. The smallest absolute Gasteiger partial charge is 0.214 e. The van der Waals surface area contributed by atoms with Gasteiger partial charge in [-0.1, -0.05) is 6.07 Å². The Balaban J connectivity index is 1.62. The van der Waals surface area contributed by atoms with Crippen molar-refractivity contribution >= 4 is 17.2 Å². The molecule has 0 N–H and O–H groups in total. The van der Waals surface area contributed by atoms with Crippen molar-refractivity contribution in [1.29, 1.82) is 0 Å². The standard InChI is InChI=1S/C14H17FN4S/c1-11(14-16-5-10-20-14)18-6-8-19(9-7-18)13-4-2-3-12(15)17-13/h2-5,10-11H,6-9H2,1H3. The Bertz CT molecular complexity index is 552. The highest BCUT2D eigenvalue weighted by molar-refractivity contribution is 7.09. The summed E-state index contributed by atoms with van der Waals surface area (Å²) in [6.45, 7) is 5.81. The minimum absolute atomic E-state index is 0.345. The van der Waals surface area contributed by atoms with Crippen molar-refractivity contribution in [2.75, 3.05) is 31.1 Å². The number of rotatable bonds is 3. The third kappa shape index (κ3) is 2.81. The maximum Gasteiger partial charge on any atom is 0.214 e. The van der Waals surface area contributed by atoms with E-state index in [2.05, 4.69) is 26.7 Å². The Hall–Kier alpha value is -1.53. The topological polar surface area (TPSA) is 32.3 Å². The van der Waals surface area contributed by atoms with Gasteiger partial charge < -0.3 is 4.90 Å². The van der Waals surface area contributed by atoms with E-state index < -0.39 is 5.95 Å². The van der Waals surface area contributed by atoms with Crippen LogP contribution in [-0.2, 0) is 0 Å². The summed E-state index contributed by atoms with van der Waals surface area (Å²) in [6.07, 6.45) is 1.85. The van der Waals surface area contributed by atoms with Gasteiger partial charge >= 0.3 is 0 Å². The first-order valence-corrected chi connectivity index (χ1v) is 7.63. The number of anilines is 1. The first kappa shape index (κ1) is 13.5. The molecule has 2 aromatic rings. The van der Waals surface area contributed by atoms with Crippen molar-refractivity contribution in [3.63, 3.8) is 0 Å². The van der Waals surface area contributed by atoms with Crippen LogP contribution in [0.4, 0.5) is 10.2 Å². The van der Waals surface area contributed by atoms with Gasteiger partial charge in [-0.3, -0.25) is 4.90 Å². The lowest BCUT2D eigenvalue weighted by molar-refractivity contribution is 0.198. The summed E-state index contributed by atoms with van der Waals surface area (Å²) < 4.78 is 13.2. The Morgan fingerprint density at radius 1 is 1.25 bits per heavy atom. The lowest BCUT2D eigenvalue weighted by atomic mass is 10.2. The van der Waals surface area contributed by atoms with Crippen LogP contribution in [0, 0.1) is 5.95 Å². The van der Waals surface area contributed by atoms with Crippen LogP contribution in [0.15, 0.2) is 29.8 Å². The molecule has 1 fully saturated rings. The van der Waals surface area contributed by atoms with Crippen LogP contribution in [-0.4, -0.2) is 41.0 Å². The molecule has 1 aliphatic rings. The molecule has 0 radical (unpaired) electrons. The number of nitrogens with zero attached hydrogens (tertiary/aromatic N) is 4. The van der Waals surface area contributed by atoms with Gasteiger partial charge in [0, 0.05) is 37.8 Å². The molecule has 1 atom stereocenters. The molecular formula is C14H17FN4S. The molecule has 0 aliphatic carbocycles. The quantitative estimate of drug-likeness (QED) is 0.814. The number of halogens is 1. The van der Waals surface area contributed by atoms with Crippen molar-refractivity contribution in [2.24, 2.45) is 0 Å². The van der Waals surface area contributed by atoms with E-state index in [0.717, 1.165) is 37.0 Å². The molecule has 0 spiro atoms. The number of piperazine rings is 1. The van der Waals surface area contributed by atoms with Crippen LogP contribution in [0.1, 0.15) is 18.0 Å². The number of hydrogen-bond acceptors (Lipinski definition) is 5. The Kier molecular flexibility index (Phi) is 3.93. The van der Waals surface area contributed by atoms with Crippen LogP contribution < -0.4 is 4.90 Å². The molecular weight excluding hydrogens is 275 g/mol. The summed E-state index contributed by atoms with van der Waals surface area (Å²) in [7, 11) is 0. The van der Waals surface area contributed by atoms with E-state index in [1.54, 1.807) is 17.4 Å². The van der Waals surface area contributed by atoms with Gasteiger partial charge in [-0.15, -0.1) is 11.3 Å². The molecule has 20 heavy (non-hydrogen) atoms. The fourth-order valence-corrected chi connectivity index (χ4v) is 3.24. The van der Waals surface area contributed by atoms with Gasteiger partial charge in [0.15, 0.2) is 0 Å². The average molecular weight is 292 g/mol. The number of hydrogen-bond donors (Lipinski definition) is 0. The molecule has 3 heterocycles. The van der Waals surface area contributed by atoms with E-state index in [1.165, 1.54) is 6.07 Å². The van der Waals surface area contributed by atoms with Crippen LogP contribution in [0.25, 0.3) is 0 Å². The summed E-state index contributed by atoms with van der Waals surface area (Å²) in [4.78, 5) is 12.9. The zero-order valence-corrected chi connectivity index (χ0v) is 12.2. The average Bonchev–Trinajstić information content (AvgIpc) is 3.01. The van der Waals surface area contributed by atoms with Crippen molar-refractivity contribution in [2.45, 2.75) is 13.0 Å². The van der Waals surface area contributed by atoms with E-state index in [1.807, 2.05) is 17.6 Å². The third-order valence-electron chi connectivity index (χ3n) is 3.70. The zero-order chi connectivity index (χ0) is 13.9. The molecule has 3 rings (SSSR count). The lowest BCUT2D eigenvalue weighted by Gasteiger charge is -2.37. The monoisotopic (exact) mass is 292 g/mol. The summed E-state index contributed by atoms with van der Waals surface area (Å²) in [5.41, 5.74) is 0. The number of thiazole rings is 1. The summed E-state index contributed by atoms with van der Waals surface area (Å²) in [5, 5.41) is 3.17. The first-order valence-electron chi connectivity index (χ1n) is 6.75. The lowest BCUT2D eigenvalue weighted by Crippen LogP contribution is -2.47. The van der Waals surface area contributed by atoms with E-state index >= 15 is 0 Å². The molecule has 6 heteroatoms. The van der Waals surface area contributed by atoms with E-state index in [0.29, 0.717) is 6.04 Å². The van der Waals surface area contributed by atoms with Gasteiger partial charge in [0.25, 0.3) is 0 Å². The second kappa shape index (κ2) is 5.85. The molecule has 4 nitrogen and oxygen atoms in total. The molecule has 1 aliphatic heterocycles. The van der Waals surface area contributed by atoms with Gasteiger partial charge in [-0.05, 0) is 19.1 Å². The molecule has 106 valence electrons. The van der Waals surface area contributed by atoms with Crippen molar-refractivity contribution in [3.8, 4) is 0 Å². The van der Waals surface area contributed by atoms with Gasteiger partial charge in [-0.2, -0.15) is 4.39 Å². The second-order valence-corrected chi connectivity index (χ2v) is 5.81. The summed E-state index contributed by atoms with van der Waals surface area (Å²) >= 11 is 1.70. The Labute approximate surface area is 121 Å². The van der Waals surface area contributed by atoms with Crippen LogP contribution in [0.3, 0.4) is 0 Å². The zero-order valence-electron chi connectivity index (χ0n) is 11.4. The number of pyridine rings is 1. The SMILES string of the molecule is CC(c1nccs1)N1CCN(c2cccc(F)n2)CC1. The molecule has 2 aromatic heterocycles. The maximum atomic E-state index is 13.2. The number of aromatic nitrogens is 2. The minimum Gasteiger partial charge on any atom is -0.354 e. The van der Waals surface area contributed by atoms with Crippen molar-refractivity contribution in [1.82, 2.24) is 14.9 Å². The van der Waals surface area contributed by atoms with Gasteiger partial charge in [0.05, 0.1) is 6.04 Å². The fourth-order valence-electron chi connectivity index (χ4n) is 2.51. The van der Waals surface area contributed by atoms with Gasteiger partial charge in [-0.25, -0.2) is 9.97 Å². The first-order chi connectivity index (χ1) is 9.74. The van der Waals surface area contributed by atoms with Gasteiger partial charge in [0.2, 0.25) is 5.95 Å². The van der Waals surface area contributed by atoms with E-state index in [-0.39, 0.29) is 0 Å². The van der Waals surface area contributed by atoms with Crippen LogP contribution >= 0.6 is 11.3 Å². The fraction of sp³-hybridized carbons (Fsp3) is 0.429. The highest BCUT2D eigenvalue weighted by Gasteiger charge is 2.23. The molecule has 0 saturated carbocycles. The molecule has 1 unspecified atom stereocenters. The maximum absolute atomic E-state index is 13.2. The van der Waals surface area contributed by atoms with Crippen LogP contribution in [0.5, 0.6) is 0 Å². The largest absolute Gasteiger partial charge is 0.354 e. The predicted molar refractivity (Wildman–Crippen MR) is 78.5 cm³/mol. The minimum atomic E-state index is -0.416. The molecule has 0 aromatic carbocycles. The van der Waals surface area contributed by atoms with Crippen LogP contribution in [0.2, 0.25) is 0 Å². The summed E-state index contributed by atoms with van der Waals surface area (Å²) in [6, 6.07) is 5.30. The highest BCUT2D eigenvalue weighted by Crippen LogP contribution is 2.24. The second-order valence-electron chi connectivity index (χ2n) is 4.89. The van der Waals surface area contributed by atoms with E-state index in [4.69, 9.17) is 0 Å². The molecule has 1 saturated heterocycles. The normalized spacial score (nSPS) is 18.2. The molecule has 0 bridgehead atoms. The van der Waals surface area contributed by atoms with Crippen molar-refractivity contribution in [3.05, 3.63) is 40.7 Å². The summed E-state index contributed by atoms with van der Waals surface area (Å²) in [5.74, 6) is 0.313. The van der Waals surface area contributed by atoms with E-state index in [9.17, 15) is 4.39 Å². The van der Waals surface area contributed by atoms with Crippen molar-refractivity contribution < 1.29 is 4.39 Å².